The minimum atomic E-state index is -0.397. The highest BCUT2D eigenvalue weighted by Crippen LogP contribution is 2.44. The first-order valence-electron chi connectivity index (χ1n) is 9.76. The standard InChI is InChI=1S/C24H21NO4/c26-14-16-6-5-11-22-23(16)28-13-12-25(22)24(27)29-15-21-19-9-3-1-7-17(19)18-8-2-4-10-20(18)21/h1-11,21,26H,12-15H2. The van der Waals surface area contributed by atoms with Gasteiger partial charge in [-0.15, -0.1) is 0 Å². The number of fused-ring (bicyclic) bond motifs is 4. The molecule has 2 aliphatic rings. The Morgan fingerprint density at radius 1 is 1.00 bits per heavy atom. The number of para-hydroxylation sites is 1. The van der Waals surface area contributed by atoms with Gasteiger partial charge in [-0.3, -0.25) is 4.90 Å². The van der Waals surface area contributed by atoms with Crippen LogP contribution in [-0.2, 0) is 11.3 Å². The SMILES string of the molecule is O=C(OCC1c2ccccc2-c2ccccc21)N1CCOc2c(CO)cccc21. The van der Waals surface area contributed by atoms with Crippen molar-refractivity contribution in [2.45, 2.75) is 12.5 Å². The Bertz CT molecular complexity index is 1030. The average Bonchev–Trinajstić information content (AvgIpc) is 3.10. The molecule has 0 fully saturated rings. The van der Waals surface area contributed by atoms with E-state index < -0.39 is 6.09 Å². The molecule has 1 aliphatic heterocycles. The fourth-order valence-electron chi connectivity index (χ4n) is 4.30. The van der Waals surface area contributed by atoms with Crippen molar-refractivity contribution in [1.29, 1.82) is 0 Å². The van der Waals surface area contributed by atoms with Crippen molar-refractivity contribution in [2.75, 3.05) is 24.7 Å². The van der Waals surface area contributed by atoms with Crippen molar-refractivity contribution in [2.24, 2.45) is 0 Å². The van der Waals surface area contributed by atoms with Gasteiger partial charge < -0.3 is 14.6 Å². The van der Waals surface area contributed by atoms with Gasteiger partial charge in [0.25, 0.3) is 0 Å². The predicted octanol–water partition coefficient (Wildman–Crippen LogP) is 4.33. The van der Waals surface area contributed by atoms with Crippen LogP contribution in [0.4, 0.5) is 10.5 Å². The smallest absolute Gasteiger partial charge is 0.414 e. The van der Waals surface area contributed by atoms with Gasteiger partial charge in [0.1, 0.15) is 19.0 Å². The largest absolute Gasteiger partial charge is 0.489 e. The lowest BCUT2D eigenvalue weighted by Gasteiger charge is -2.30. The third-order valence-electron chi connectivity index (χ3n) is 5.65. The molecule has 0 atom stereocenters. The molecule has 0 spiro atoms. The van der Waals surface area contributed by atoms with Crippen LogP contribution in [0.15, 0.2) is 66.7 Å². The van der Waals surface area contributed by atoms with Crippen molar-refractivity contribution in [3.63, 3.8) is 0 Å². The highest BCUT2D eigenvalue weighted by molar-refractivity contribution is 5.90. The quantitative estimate of drug-likeness (QED) is 0.727. The molecule has 1 amide bonds. The van der Waals surface area contributed by atoms with E-state index in [0.717, 1.165) is 0 Å². The van der Waals surface area contributed by atoms with Crippen LogP contribution >= 0.6 is 0 Å². The maximum absolute atomic E-state index is 12.9. The van der Waals surface area contributed by atoms with Crippen molar-refractivity contribution >= 4 is 11.8 Å². The number of carbonyl (C=O) groups is 1. The highest BCUT2D eigenvalue weighted by atomic mass is 16.6. The summed E-state index contributed by atoms with van der Waals surface area (Å²) in [7, 11) is 0. The zero-order chi connectivity index (χ0) is 19.8. The van der Waals surface area contributed by atoms with Crippen molar-refractivity contribution in [3.05, 3.63) is 83.4 Å². The number of benzene rings is 3. The molecule has 29 heavy (non-hydrogen) atoms. The summed E-state index contributed by atoms with van der Waals surface area (Å²) < 4.78 is 11.5. The lowest BCUT2D eigenvalue weighted by Crippen LogP contribution is -2.39. The molecule has 0 bridgehead atoms. The fourth-order valence-corrected chi connectivity index (χ4v) is 4.30. The number of anilines is 1. The predicted molar refractivity (Wildman–Crippen MR) is 110 cm³/mol. The Kier molecular flexibility index (Phi) is 4.45. The van der Waals surface area contributed by atoms with Crippen molar-refractivity contribution < 1.29 is 19.4 Å². The first kappa shape index (κ1) is 17.8. The molecule has 1 N–H and O–H groups in total. The molecule has 5 heteroatoms. The molecule has 3 aromatic rings. The normalized spacial score (nSPS) is 14.6. The third-order valence-corrected chi connectivity index (χ3v) is 5.65. The molecular formula is C24H21NO4. The molecule has 0 saturated carbocycles. The molecule has 1 aliphatic carbocycles. The summed E-state index contributed by atoms with van der Waals surface area (Å²) in [4.78, 5) is 14.5. The van der Waals surface area contributed by atoms with Crippen LogP contribution in [0.25, 0.3) is 11.1 Å². The Hall–Kier alpha value is -3.31. The van der Waals surface area contributed by atoms with Crippen LogP contribution in [0.1, 0.15) is 22.6 Å². The molecule has 0 saturated heterocycles. The first-order valence-corrected chi connectivity index (χ1v) is 9.76. The van der Waals surface area contributed by atoms with Gasteiger partial charge in [0, 0.05) is 11.5 Å². The monoisotopic (exact) mass is 387 g/mol. The van der Waals surface area contributed by atoms with Gasteiger partial charge in [-0.1, -0.05) is 60.7 Å². The van der Waals surface area contributed by atoms with Gasteiger partial charge in [-0.25, -0.2) is 4.79 Å². The summed E-state index contributed by atoms with van der Waals surface area (Å²) in [5.74, 6) is 0.574. The molecule has 146 valence electrons. The summed E-state index contributed by atoms with van der Waals surface area (Å²) in [5.41, 5.74) is 6.08. The van der Waals surface area contributed by atoms with E-state index in [1.807, 2.05) is 36.4 Å². The van der Waals surface area contributed by atoms with Gasteiger partial charge in [0.2, 0.25) is 0 Å². The lowest BCUT2D eigenvalue weighted by atomic mass is 9.98. The number of aliphatic hydroxyl groups excluding tert-OH is 1. The van der Waals surface area contributed by atoms with E-state index in [1.165, 1.54) is 22.3 Å². The zero-order valence-corrected chi connectivity index (χ0v) is 15.9. The number of hydrogen-bond acceptors (Lipinski definition) is 4. The third kappa shape index (κ3) is 2.95. The zero-order valence-electron chi connectivity index (χ0n) is 15.9. The van der Waals surface area contributed by atoms with Crippen LogP contribution < -0.4 is 9.64 Å². The summed E-state index contributed by atoms with van der Waals surface area (Å²) in [6, 6.07) is 22.0. The Labute approximate surface area is 169 Å². The molecule has 0 unspecified atom stereocenters. The molecule has 0 radical (unpaired) electrons. The van der Waals surface area contributed by atoms with E-state index in [9.17, 15) is 9.90 Å². The Balaban J connectivity index is 1.39. The number of amides is 1. The van der Waals surface area contributed by atoms with Crippen LogP contribution in [-0.4, -0.2) is 31.0 Å². The Morgan fingerprint density at radius 3 is 2.38 bits per heavy atom. The number of hydrogen-bond donors (Lipinski definition) is 1. The van der Waals surface area contributed by atoms with Crippen LogP contribution in [0.3, 0.4) is 0 Å². The van der Waals surface area contributed by atoms with Gasteiger partial charge in [-0.05, 0) is 28.3 Å². The van der Waals surface area contributed by atoms with E-state index >= 15 is 0 Å². The number of nitrogens with zero attached hydrogens (tertiary/aromatic N) is 1. The number of carbonyl (C=O) groups excluding carboxylic acids is 1. The summed E-state index contributed by atoms with van der Waals surface area (Å²) in [6.45, 7) is 0.924. The molecule has 5 rings (SSSR count). The number of ether oxygens (including phenoxy) is 2. The molecule has 1 heterocycles. The minimum Gasteiger partial charge on any atom is -0.489 e. The van der Waals surface area contributed by atoms with Crippen molar-refractivity contribution in [1.82, 2.24) is 0 Å². The molecule has 3 aromatic carbocycles. The average molecular weight is 387 g/mol. The van der Waals surface area contributed by atoms with E-state index in [2.05, 4.69) is 24.3 Å². The summed E-state index contributed by atoms with van der Waals surface area (Å²) in [5, 5.41) is 9.54. The van der Waals surface area contributed by atoms with Gasteiger partial charge in [0.05, 0.1) is 18.8 Å². The molecule has 0 aromatic heterocycles. The van der Waals surface area contributed by atoms with Crippen LogP contribution in [0.2, 0.25) is 0 Å². The second-order valence-corrected chi connectivity index (χ2v) is 7.23. The van der Waals surface area contributed by atoms with E-state index in [0.29, 0.717) is 30.2 Å². The van der Waals surface area contributed by atoms with Gasteiger partial charge in [0.15, 0.2) is 0 Å². The van der Waals surface area contributed by atoms with E-state index in [4.69, 9.17) is 9.47 Å². The topological polar surface area (TPSA) is 59.0 Å². The minimum absolute atomic E-state index is 0.0237. The van der Waals surface area contributed by atoms with Gasteiger partial charge in [-0.2, -0.15) is 0 Å². The second-order valence-electron chi connectivity index (χ2n) is 7.23. The fraction of sp³-hybridized carbons (Fsp3) is 0.208. The summed E-state index contributed by atoms with van der Waals surface area (Å²) >= 11 is 0. The number of rotatable bonds is 3. The second kappa shape index (κ2) is 7.26. The summed E-state index contributed by atoms with van der Waals surface area (Å²) in [6.07, 6.45) is -0.397. The maximum atomic E-state index is 12.9. The highest BCUT2D eigenvalue weighted by Gasteiger charge is 2.31. The van der Waals surface area contributed by atoms with Crippen LogP contribution in [0, 0.1) is 0 Å². The van der Waals surface area contributed by atoms with Gasteiger partial charge >= 0.3 is 6.09 Å². The van der Waals surface area contributed by atoms with Crippen LogP contribution in [0.5, 0.6) is 5.75 Å². The van der Waals surface area contributed by atoms with E-state index in [1.54, 1.807) is 11.0 Å². The first-order chi connectivity index (χ1) is 14.3. The van der Waals surface area contributed by atoms with E-state index in [-0.39, 0.29) is 19.1 Å². The molecule has 5 nitrogen and oxygen atoms in total. The van der Waals surface area contributed by atoms with Crippen molar-refractivity contribution in [3.8, 4) is 16.9 Å². The lowest BCUT2D eigenvalue weighted by molar-refractivity contribution is 0.147. The Morgan fingerprint density at radius 2 is 1.69 bits per heavy atom. The number of aliphatic hydroxyl groups is 1. The molecular weight excluding hydrogens is 366 g/mol. The maximum Gasteiger partial charge on any atom is 0.414 e.